The molecule has 11 heteroatoms. The van der Waals surface area contributed by atoms with Gasteiger partial charge in [0.05, 0.1) is 12.3 Å². The van der Waals surface area contributed by atoms with Gasteiger partial charge in [0, 0.05) is 30.9 Å². The van der Waals surface area contributed by atoms with Crippen molar-refractivity contribution in [3.8, 4) is 17.0 Å². The van der Waals surface area contributed by atoms with Crippen LogP contribution in [0.25, 0.3) is 16.9 Å². The minimum absolute atomic E-state index is 0.133. The summed E-state index contributed by atoms with van der Waals surface area (Å²) in [5.41, 5.74) is 1.67. The topological polar surface area (TPSA) is 123 Å². The molecule has 0 aromatic carbocycles. The van der Waals surface area contributed by atoms with E-state index in [0.29, 0.717) is 36.1 Å². The number of ether oxygens (including phenoxy) is 2. The fourth-order valence-electron chi connectivity index (χ4n) is 4.26. The van der Waals surface area contributed by atoms with Crippen molar-refractivity contribution in [1.82, 2.24) is 34.7 Å². The Balaban J connectivity index is 1.34. The van der Waals surface area contributed by atoms with Crippen LogP contribution in [0.15, 0.2) is 18.7 Å². The van der Waals surface area contributed by atoms with Gasteiger partial charge in [-0.05, 0) is 52.4 Å². The van der Waals surface area contributed by atoms with Crippen molar-refractivity contribution in [3.05, 3.63) is 18.7 Å². The molecule has 1 aliphatic carbocycles. The first-order valence-electron chi connectivity index (χ1n) is 11.9. The number of hydrogen-bond donors (Lipinski definition) is 2. The minimum Gasteiger partial charge on any atom is -0.484 e. The van der Waals surface area contributed by atoms with Crippen LogP contribution in [0.1, 0.15) is 53.4 Å². The highest BCUT2D eigenvalue weighted by Gasteiger charge is 2.32. The number of piperidine rings is 1. The number of likely N-dealkylation sites (tertiary alicyclic amines) is 1. The predicted octanol–water partition coefficient (Wildman–Crippen LogP) is 3.50. The van der Waals surface area contributed by atoms with Gasteiger partial charge in [-0.1, -0.05) is 6.92 Å². The van der Waals surface area contributed by atoms with Gasteiger partial charge in [-0.25, -0.2) is 9.78 Å². The molecule has 1 amide bonds. The molecule has 0 radical (unpaired) electrons. The highest BCUT2D eigenvalue weighted by atomic mass is 16.6. The second-order valence-electron chi connectivity index (χ2n) is 10.2. The molecule has 2 aliphatic rings. The smallest absolute Gasteiger partial charge is 0.410 e. The first-order chi connectivity index (χ1) is 16.3. The molecule has 1 saturated heterocycles. The molecule has 4 heterocycles. The Morgan fingerprint density at radius 1 is 1.26 bits per heavy atom. The van der Waals surface area contributed by atoms with Crippen LogP contribution in [0.2, 0.25) is 0 Å². The lowest BCUT2D eigenvalue weighted by atomic mass is 9.94. The lowest BCUT2D eigenvalue weighted by molar-refractivity contribution is 0.0164. The third-order valence-corrected chi connectivity index (χ3v) is 6.33. The SMILES string of the molecule is CC1CN(C(=O)OC(C)(C)C)CCC1Nc1nc2c(OC3CCC3)c(-c3cn[nH]c3)ncn2n1. The number of fused-ring (bicyclic) bond motifs is 1. The number of amides is 1. The number of carbonyl (C=O) groups excluding carboxylic acids is 1. The molecule has 11 nitrogen and oxygen atoms in total. The average Bonchev–Trinajstić information content (AvgIpc) is 3.40. The van der Waals surface area contributed by atoms with Crippen LogP contribution in [0.3, 0.4) is 0 Å². The molecule has 3 aromatic rings. The van der Waals surface area contributed by atoms with Crippen LogP contribution in [-0.2, 0) is 4.74 Å². The fraction of sp³-hybridized carbons (Fsp3) is 0.609. The molecule has 1 saturated carbocycles. The van der Waals surface area contributed by atoms with Crippen LogP contribution >= 0.6 is 0 Å². The Morgan fingerprint density at radius 3 is 2.74 bits per heavy atom. The lowest BCUT2D eigenvalue weighted by Gasteiger charge is -2.37. The Morgan fingerprint density at radius 2 is 2.09 bits per heavy atom. The maximum atomic E-state index is 12.5. The van der Waals surface area contributed by atoms with Crippen LogP contribution in [-0.4, -0.2) is 71.6 Å². The van der Waals surface area contributed by atoms with Crippen molar-refractivity contribution < 1.29 is 14.3 Å². The molecule has 2 unspecified atom stereocenters. The van der Waals surface area contributed by atoms with Crippen molar-refractivity contribution >= 4 is 17.7 Å². The lowest BCUT2D eigenvalue weighted by Crippen LogP contribution is -2.49. The molecule has 34 heavy (non-hydrogen) atoms. The van der Waals surface area contributed by atoms with E-state index in [4.69, 9.17) is 14.5 Å². The summed E-state index contributed by atoms with van der Waals surface area (Å²) in [5, 5.41) is 15.0. The summed E-state index contributed by atoms with van der Waals surface area (Å²) >= 11 is 0. The zero-order chi connectivity index (χ0) is 23.9. The maximum absolute atomic E-state index is 12.5. The van der Waals surface area contributed by atoms with E-state index in [1.807, 2.05) is 20.8 Å². The Hall–Kier alpha value is -3.37. The molecule has 3 aromatic heterocycles. The molecular weight excluding hydrogens is 436 g/mol. The Kier molecular flexibility index (Phi) is 5.78. The number of aromatic amines is 1. The van der Waals surface area contributed by atoms with Gasteiger partial charge < -0.3 is 19.7 Å². The number of rotatable bonds is 5. The number of aromatic nitrogens is 6. The largest absolute Gasteiger partial charge is 0.484 e. The molecule has 2 fully saturated rings. The normalized spacial score (nSPS) is 21.4. The molecule has 1 aliphatic heterocycles. The minimum atomic E-state index is -0.502. The van der Waals surface area contributed by atoms with E-state index in [1.54, 1.807) is 28.1 Å². The van der Waals surface area contributed by atoms with Crippen molar-refractivity contribution in [3.63, 3.8) is 0 Å². The average molecular weight is 469 g/mol. The summed E-state index contributed by atoms with van der Waals surface area (Å²) in [4.78, 5) is 23.6. The first kappa shape index (κ1) is 22.4. The van der Waals surface area contributed by atoms with Gasteiger partial charge >= 0.3 is 6.09 Å². The highest BCUT2D eigenvalue weighted by Crippen LogP contribution is 2.35. The van der Waals surface area contributed by atoms with Crippen molar-refractivity contribution in [1.29, 1.82) is 0 Å². The number of carbonyl (C=O) groups is 1. The number of anilines is 1. The number of nitrogens with zero attached hydrogens (tertiary/aromatic N) is 6. The zero-order valence-corrected chi connectivity index (χ0v) is 20.1. The van der Waals surface area contributed by atoms with Crippen molar-refractivity contribution in [2.75, 3.05) is 18.4 Å². The monoisotopic (exact) mass is 468 g/mol. The van der Waals surface area contributed by atoms with Gasteiger partial charge in [-0.3, -0.25) is 5.10 Å². The van der Waals surface area contributed by atoms with E-state index < -0.39 is 5.60 Å². The second kappa shape index (κ2) is 8.77. The van der Waals surface area contributed by atoms with Gasteiger partial charge in [-0.2, -0.15) is 14.6 Å². The van der Waals surface area contributed by atoms with Crippen LogP contribution in [0.5, 0.6) is 5.75 Å². The van der Waals surface area contributed by atoms with E-state index >= 15 is 0 Å². The number of nitrogens with one attached hydrogen (secondary N) is 2. The van der Waals surface area contributed by atoms with Gasteiger partial charge in [0.2, 0.25) is 11.6 Å². The quantitative estimate of drug-likeness (QED) is 0.583. The van der Waals surface area contributed by atoms with E-state index in [-0.39, 0.29) is 24.2 Å². The Bertz CT molecular complexity index is 1150. The standard InChI is InChI=1S/C23H32N8O3/c1-14-12-30(22(32)34-23(2,3)4)9-8-17(14)27-21-28-20-19(33-16-6-5-7-16)18(15-10-25-26-11-15)24-13-31(20)29-21/h10-11,13-14,16-17H,5-9,12H2,1-4H3,(H,25,26)(H,27,29). The predicted molar refractivity (Wildman–Crippen MR) is 126 cm³/mol. The molecule has 0 spiro atoms. The summed E-state index contributed by atoms with van der Waals surface area (Å²) < 4.78 is 13.5. The number of H-pyrrole nitrogens is 1. The molecule has 2 atom stereocenters. The van der Waals surface area contributed by atoms with E-state index in [1.165, 1.54) is 6.42 Å². The van der Waals surface area contributed by atoms with Crippen molar-refractivity contribution in [2.24, 2.45) is 5.92 Å². The van der Waals surface area contributed by atoms with Crippen LogP contribution in [0, 0.1) is 5.92 Å². The van der Waals surface area contributed by atoms with Gasteiger partial charge in [0.25, 0.3) is 0 Å². The van der Waals surface area contributed by atoms with Crippen molar-refractivity contribution in [2.45, 2.75) is 71.1 Å². The molecule has 5 rings (SSSR count). The summed E-state index contributed by atoms with van der Waals surface area (Å²) in [5.74, 6) is 1.35. The summed E-state index contributed by atoms with van der Waals surface area (Å²) in [6.07, 6.45) is 9.07. The zero-order valence-electron chi connectivity index (χ0n) is 20.1. The third kappa shape index (κ3) is 4.64. The summed E-state index contributed by atoms with van der Waals surface area (Å²) in [7, 11) is 0. The maximum Gasteiger partial charge on any atom is 0.410 e. The van der Waals surface area contributed by atoms with Gasteiger partial charge in [-0.15, -0.1) is 5.10 Å². The second-order valence-corrected chi connectivity index (χ2v) is 10.2. The van der Waals surface area contributed by atoms with E-state index in [9.17, 15) is 4.79 Å². The highest BCUT2D eigenvalue weighted by molar-refractivity contribution is 5.74. The van der Waals surface area contributed by atoms with E-state index in [0.717, 1.165) is 24.8 Å². The first-order valence-corrected chi connectivity index (χ1v) is 11.9. The third-order valence-electron chi connectivity index (χ3n) is 6.33. The Labute approximate surface area is 198 Å². The molecule has 0 bridgehead atoms. The molecule has 182 valence electrons. The molecular formula is C23H32N8O3. The fourth-order valence-corrected chi connectivity index (χ4v) is 4.26. The number of hydrogen-bond acceptors (Lipinski definition) is 8. The van der Waals surface area contributed by atoms with Gasteiger partial charge in [0.1, 0.15) is 17.6 Å². The van der Waals surface area contributed by atoms with E-state index in [2.05, 4.69) is 32.5 Å². The van der Waals surface area contributed by atoms with Gasteiger partial charge in [0.15, 0.2) is 5.75 Å². The summed E-state index contributed by atoms with van der Waals surface area (Å²) in [6, 6.07) is 0.133. The van der Waals surface area contributed by atoms with Crippen LogP contribution < -0.4 is 10.1 Å². The van der Waals surface area contributed by atoms with Crippen LogP contribution in [0.4, 0.5) is 10.7 Å². The molecule has 2 N–H and O–H groups in total. The summed E-state index contributed by atoms with van der Waals surface area (Å²) in [6.45, 7) is 9.00.